The molecule has 0 N–H and O–H groups in total. The van der Waals surface area contributed by atoms with Gasteiger partial charge in [0.05, 0.1) is 5.92 Å². The Kier molecular flexibility index (Phi) is 3.60. The van der Waals surface area contributed by atoms with Gasteiger partial charge < -0.3 is 9.80 Å². The summed E-state index contributed by atoms with van der Waals surface area (Å²) in [6.07, 6.45) is 1.17. The van der Waals surface area contributed by atoms with Crippen LogP contribution in [0.15, 0.2) is 54.6 Å². The third-order valence-electron chi connectivity index (χ3n) is 4.99. The number of rotatable bonds is 2. The Hall–Kier alpha value is -2.62. The van der Waals surface area contributed by atoms with Gasteiger partial charge in [0.15, 0.2) is 0 Å². The number of hydrogen-bond donors (Lipinski definition) is 0. The van der Waals surface area contributed by atoms with Crippen molar-refractivity contribution < 1.29 is 9.59 Å². The fourth-order valence-corrected chi connectivity index (χ4v) is 3.83. The summed E-state index contributed by atoms with van der Waals surface area (Å²) in [7, 11) is 0. The normalized spacial score (nSPS) is 22.8. The lowest BCUT2D eigenvalue weighted by Crippen LogP contribution is -2.41. The Labute approximate surface area is 141 Å². The Bertz CT molecular complexity index is 787. The van der Waals surface area contributed by atoms with Crippen molar-refractivity contribution in [3.8, 4) is 0 Å². The standard InChI is InChI=1S/C20H20N2O2/c1-14-11-15-7-5-6-10-18(15)22(14)20(24)16-12-19(23)21(13-16)17-8-3-2-4-9-17/h2-10,14,16H,11-13H2,1H3/t14-,16+/m1/s1. The Morgan fingerprint density at radius 1 is 1.00 bits per heavy atom. The van der Waals surface area contributed by atoms with Gasteiger partial charge in [-0.15, -0.1) is 0 Å². The van der Waals surface area contributed by atoms with Gasteiger partial charge in [-0.1, -0.05) is 36.4 Å². The molecule has 4 heteroatoms. The van der Waals surface area contributed by atoms with Crippen LogP contribution in [0.4, 0.5) is 11.4 Å². The van der Waals surface area contributed by atoms with Gasteiger partial charge >= 0.3 is 0 Å². The van der Waals surface area contributed by atoms with Crippen molar-refractivity contribution in [1.82, 2.24) is 0 Å². The molecule has 0 radical (unpaired) electrons. The molecular formula is C20H20N2O2. The van der Waals surface area contributed by atoms with Crippen LogP contribution < -0.4 is 9.80 Å². The molecule has 1 fully saturated rings. The van der Waals surface area contributed by atoms with Crippen LogP contribution in [0.5, 0.6) is 0 Å². The van der Waals surface area contributed by atoms with E-state index in [0.717, 1.165) is 17.8 Å². The molecule has 122 valence electrons. The molecule has 4 rings (SSSR count). The summed E-state index contributed by atoms with van der Waals surface area (Å²) in [4.78, 5) is 29.1. The van der Waals surface area contributed by atoms with Crippen LogP contribution in [-0.2, 0) is 16.0 Å². The van der Waals surface area contributed by atoms with E-state index in [2.05, 4.69) is 13.0 Å². The summed E-state index contributed by atoms with van der Waals surface area (Å²) in [5.41, 5.74) is 3.08. The van der Waals surface area contributed by atoms with E-state index in [1.54, 1.807) is 4.90 Å². The molecule has 0 unspecified atom stereocenters. The second-order valence-electron chi connectivity index (χ2n) is 6.63. The van der Waals surface area contributed by atoms with E-state index < -0.39 is 0 Å². The topological polar surface area (TPSA) is 40.6 Å². The van der Waals surface area contributed by atoms with Gasteiger partial charge in [-0.2, -0.15) is 0 Å². The summed E-state index contributed by atoms with van der Waals surface area (Å²) >= 11 is 0. The van der Waals surface area contributed by atoms with Gasteiger partial charge in [-0.05, 0) is 37.1 Å². The van der Waals surface area contributed by atoms with Crippen LogP contribution in [0.2, 0.25) is 0 Å². The van der Waals surface area contributed by atoms with Crippen molar-refractivity contribution in [3.63, 3.8) is 0 Å². The first-order chi connectivity index (χ1) is 11.6. The maximum atomic E-state index is 13.1. The first kappa shape index (κ1) is 14.9. The average Bonchev–Trinajstić information content (AvgIpc) is 3.14. The molecule has 0 bridgehead atoms. The van der Waals surface area contributed by atoms with Crippen molar-refractivity contribution in [2.75, 3.05) is 16.3 Å². The average molecular weight is 320 g/mol. The lowest BCUT2D eigenvalue weighted by Gasteiger charge is -2.26. The number of amides is 2. The Balaban J connectivity index is 1.57. The first-order valence-corrected chi connectivity index (χ1v) is 8.41. The summed E-state index contributed by atoms with van der Waals surface area (Å²) < 4.78 is 0. The summed E-state index contributed by atoms with van der Waals surface area (Å²) in [5, 5.41) is 0. The van der Waals surface area contributed by atoms with E-state index in [1.807, 2.05) is 53.4 Å². The molecule has 1 saturated heterocycles. The van der Waals surface area contributed by atoms with Crippen molar-refractivity contribution >= 4 is 23.2 Å². The largest absolute Gasteiger partial charge is 0.312 e. The number of hydrogen-bond acceptors (Lipinski definition) is 2. The summed E-state index contributed by atoms with van der Waals surface area (Å²) in [5.74, 6) is -0.176. The third kappa shape index (κ3) is 2.39. The molecule has 0 aliphatic carbocycles. The molecule has 0 saturated carbocycles. The minimum Gasteiger partial charge on any atom is -0.312 e. The lowest BCUT2D eigenvalue weighted by atomic mass is 10.1. The van der Waals surface area contributed by atoms with Crippen molar-refractivity contribution in [2.45, 2.75) is 25.8 Å². The fourth-order valence-electron chi connectivity index (χ4n) is 3.83. The molecule has 4 nitrogen and oxygen atoms in total. The van der Waals surface area contributed by atoms with Gasteiger partial charge in [-0.25, -0.2) is 0 Å². The minimum absolute atomic E-state index is 0.0275. The highest BCUT2D eigenvalue weighted by molar-refractivity contribution is 6.05. The molecule has 0 spiro atoms. The smallest absolute Gasteiger partial charge is 0.232 e. The van der Waals surface area contributed by atoms with E-state index in [9.17, 15) is 9.59 Å². The van der Waals surface area contributed by atoms with Crippen molar-refractivity contribution in [2.24, 2.45) is 5.92 Å². The molecular weight excluding hydrogens is 300 g/mol. The van der Waals surface area contributed by atoms with Gasteiger partial charge in [0, 0.05) is 30.4 Å². The number of carbonyl (C=O) groups excluding carboxylic acids is 2. The second-order valence-corrected chi connectivity index (χ2v) is 6.63. The predicted molar refractivity (Wildman–Crippen MR) is 94.0 cm³/mol. The molecule has 2 aliphatic rings. The fraction of sp³-hybridized carbons (Fsp3) is 0.300. The van der Waals surface area contributed by atoms with Crippen LogP contribution in [0.25, 0.3) is 0 Å². The van der Waals surface area contributed by atoms with Crippen molar-refractivity contribution in [3.05, 3.63) is 60.2 Å². The second kappa shape index (κ2) is 5.78. The minimum atomic E-state index is -0.272. The van der Waals surface area contributed by atoms with E-state index in [4.69, 9.17) is 0 Å². The first-order valence-electron chi connectivity index (χ1n) is 8.41. The van der Waals surface area contributed by atoms with E-state index in [0.29, 0.717) is 13.0 Å². The van der Waals surface area contributed by atoms with Crippen LogP contribution in [0, 0.1) is 5.92 Å². The number of para-hydroxylation sites is 2. The number of carbonyl (C=O) groups is 2. The third-order valence-corrected chi connectivity index (χ3v) is 4.99. The highest BCUT2D eigenvalue weighted by Crippen LogP contribution is 2.35. The van der Waals surface area contributed by atoms with Gasteiger partial charge in [-0.3, -0.25) is 9.59 Å². The number of nitrogens with zero attached hydrogens (tertiary/aromatic N) is 2. The van der Waals surface area contributed by atoms with Crippen LogP contribution >= 0.6 is 0 Å². The van der Waals surface area contributed by atoms with Crippen LogP contribution in [-0.4, -0.2) is 24.4 Å². The molecule has 2 aliphatic heterocycles. The highest BCUT2D eigenvalue weighted by atomic mass is 16.2. The molecule has 2 aromatic rings. The number of benzene rings is 2. The van der Waals surface area contributed by atoms with Gasteiger partial charge in [0.25, 0.3) is 0 Å². The van der Waals surface area contributed by atoms with Crippen LogP contribution in [0.3, 0.4) is 0 Å². The Morgan fingerprint density at radius 3 is 2.50 bits per heavy atom. The van der Waals surface area contributed by atoms with E-state index in [1.165, 1.54) is 5.56 Å². The maximum absolute atomic E-state index is 13.1. The van der Waals surface area contributed by atoms with E-state index >= 15 is 0 Å². The van der Waals surface area contributed by atoms with Gasteiger partial charge in [0.1, 0.15) is 0 Å². The van der Waals surface area contributed by atoms with E-state index in [-0.39, 0.29) is 23.8 Å². The zero-order chi connectivity index (χ0) is 16.7. The molecule has 24 heavy (non-hydrogen) atoms. The molecule has 0 aromatic heterocycles. The van der Waals surface area contributed by atoms with Crippen LogP contribution in [0.1, 0.15) is 18.9 Å². The molecule has 2 atom stereocenters. The Morgan fingerprint density at radius 2 is 1.71 bits per heavy atom. The number of anilines is 2. The predicted octanol–water partition coefficient (Wildman–Crippen LogP) is 3.02. The monoisotopic (exact) mass is 320 g/mol. The highest BCUT2D eigenvalue weighted by Gasteiger charge is 2.40. The number of fused-ring (bicyclic) bond motifs is 1. The lowest BCUT2D eigenvalue weighted by molar-refractivity contribution is -0.124. The zero-order valence-corrected chi connectivity index (χ0v) is 13.7. The van der Waals surface area contributed by atoms with Crippen molar-refractivity contribution in [1.29, 1.82) is 0 Å². The SMILES string of the molecule is C[C@@H]1Cc2ccccc2N1C(=O)[C@H]1CC(=O)N(c2ccccc2)C1. The quantitative estimate of drug-likeness (QED) is 0.853. The van der Waals surface area contributed by atoms with Gasteiger partial charge in [0.2, 0.25) is 11.8 Å². The zero-order valence-electron chi connectivity index (χ0n) is 13.7. The molecule has 2 amide bonds. The molecule has 2 aromatic carbocycles. The summed E-state index contributed by atoms with van der Waals surface area (Å²) in [6.45, 7) is 2.54. The molecule has 2 heterocycles. The maximum Gasteiger partial charge on any atom is 0.232 e. The summed E-state index contributed by atoms with van der Waals surface area (Å²) in [6, 6.07) is 17.8.